The Balaban J connectivity index is 2.63. The zero-order valence-electron chi connectivity index (χ0n) is 9.46. The summed E-state index contributed by atoms with van der Waals surface area (Å²) in [6.07, 6.45) is -0.971. The fraction of sp³-hybridized carbons (Fsp3) is 0.818. The topological polar surface area (TPSA) is 44.1 Å². The van der Waals surface area contributed by atoms with Crippen molar-refractivity contribution in [2.75, 3.05) is 13.1 Å². The van der Waals surface area contributed by atoms with Crippen molar-refractivity contribution in [2.45, 2.75) is 38.3 Å². The number of carbonyl (C=O) groups is 1. The van der Waals surface area contributed by atoms with E-state index in [0.29, 0.717) is 13.0 Å². The summed E-state index contributed by atoms with van der Waals surface area (Å²) in [7, 11) is 0. The molecule has 1 amide bonds. The normalized spacial score (nSPS) is 20.4. The summed E-state index contributed by atoms with van der Waals surface area (Å²) in [5.74, 6) is -2.35. The number of likely N-dealkylation sites (tertiary alicyclic amines) is 1. The van der Waals surface area contributed by atoms with Gasteiger partial charge < -0.3 is 4.90 Å². The van der Waals surface area contributed by atoms with Crippen LogP contribution in [0.2, 0.25) is 0 Å². The Morgan fingerprint density at radius 1 is 1.29 bits per heavy atom. The minimum absolute atomic E-state index is 0.269. The monoisotopic (exact) mass is 248 g/mol. The Morgan fingerprint density at radius 3 is 2.53 bits per heavy atom. The first-order valence-electron chi connectivity index (χ1n) is 5.69. The lowest BCUT2D eigenvalue weighted by molar-refractivity contribution is -0.166. The van der Waals surface area contributed by atoms with Crippen LogP contribution in [0, 0.1) is 17.2 Å². The summed E-state index contributed by atoms with van der Waals surface area (Å²) >= 11 is 0. The van der Waals surface area contributed by atoms with Crippen LogP contribution in [0.25, 0.3) is 0 Å². The molecule has 1 aliphatic heterocycles. The van der Waals surface area contributed by atoms with Gasteiger partial charge in [0.15, 0.2) is 5.92 Å². The maximum Gasteiger partial charge on any atom is 0.406 e. The van der Waals surface area contributed by atoms with E-state index in [1.165, 1.54) is 11.0 Å². The van der Waals surface area contributed by atoms with Crippen molar-refractivity contribution in [3.63, 3.8) is 0 Å². The first-order valence-corrected chi connectivity index (χ1v) is 5.69. The van der Waals surface area contributed by atoms with E-state index in [-0.39, 0.29) is 12.3 Å². The van der Waals surface area contributed by atoms with E-state index in [0.717, 1.165) is 19.3 Å². The number of rotatable bonds is 2. The van der Waals surface area contributed by atoms with Crippen LogP contribution in [0.3, 0.4) is 0 Å². The maximum atomic E-state index is 12.4. The van der Waals surface area contributed by atoms with Gasteiger partial charge in [0.2, 0.25) is 5.91 Å². The Bertz CT molecular complexity index is 309. The molecule has 96 valence electrons. The molecule has 0 aromatic carbocycles. The number of nitriles is 1. The third kappa shape index (κ3) is 4.25. The van der Waals surface area contributed by atoms with Gasteiger partial charge in [-0.05, 0) is 12.8 Å². The predicted octanol–water partition coefficient (Wildman–Crippen LogP) is 2.48. The molecule has 0 N–H and O–H groups in total. The van der Waals surface area contributed by atoms with E-state index in [9.17, 15) is 18.0 Å². The smallest absolute Gasteiger partial charge is 0.341 e. The van der Waals surface area contributed by atoms with Gasteiger partial charge >= 0.3 is 6.18 Å². The number of carbonyl (C=O) groups excluding carboxylic acids is 1. The highest BCUT2D eigenvalue weighted by Gasteiger charge is 2.41. The molecule has 1 aliphatic rings. The van der Waals surface area contributed by atoms with E-state index in [1.807, 2.05) is 0 Å². The zero-order chi connectivity index (χ0) is 12.9. The van der Waals surface area contributed by atoms with Gasteiger partial charge in [-0.25, -0.2) is 0 Å². The first-order chi connectivity index (χ1) is 7.95. The minimum atomic E-state index is -4.56. The van der Waals surface area contributed by atoms with E-state index in [1.54, 1.807) is 0 Å². The third-order valence-corrected chi connectivity index (χ3v) is 2.88. The lowest BCUT2D eigenvalue weighted by atomic mass is 10.1. The van der Waals surface area contributed by atoms with E-state index in [2.05, 4.69) is 0 Å². The molecule has 0 bridgehead atoms. The Labute approximate surface area is 98.2 Å². The van der Waals surface area contributed by atoms with Crippen LogP contribution in [0.4, 0.5) is 13.2 Å². The number of nitrogens with zero attached hydrogens (tertiary/aromatic N) is 2. The van der Waals surface area contributed by atoms with Crippen molar-refractivity contribution >= 4 is 5.91 Å². The van der Waals surface area contributed by atoms with E-state index < -0.39 is 18.6 Å². The third-order valence-electron chi connectivity index (χ3n) is 2.88. The molecule has 1 heterocycles. The molecular weight excluding hydrogens is 233 g/mol. The molecule has 0 aromatic rings. The van der Waals surface area contributed by atoms with Crippen LogP contribution in [-0.2, 0) is 4.79 Å². The van der Waals surface area contributed by atoms with Gasteiger partial charge in [-0.2, -0.15) is 18.4 Å². The van der Waals surface area contributed by atoms with Gasteiger partial charge in [-0.3, -0.25) is 4.79 Å². The summed E-state index contributed by atoms with van der Waals surface area (Å²) in [4.78, 5) is 12.8. The summed E-state index contributed by atoms with van der Waals surface area (Å²) in [6.45, 7) is -0.202. The molecule has 1 fully saturated rings. The number of halogens is 3. The summed E-state index contributed by atoms with van der Waals surface area (Å²) < 4.78 is 37.3. The van der Waals surface area contributed by atoms with Crippen LogP contribution in [0.1, 0.15) is 32.1 Å². The van der Waals surface area contributed by atoms with Gasteiger partial charge in [-0.1, -0.05) is 12.8 Å². The molecule has 0 spiro atoms. The highest BCUT2D eigenvalue weighted by molar-refractivity contribution is 5.76. The van der Waals surface area contributed by atoms with Crippen molar-refractivity contribution in [1.82, 2.24) is 4.90 Å². The van der Waals surface area contributed by atoms with E-state index in [4.69, 9.17) is 5.26 Å². The van der Waals surface area contributed by atoms with Gasteiger partial charge in [0.1, 0.15) is 0 Å². The molecule has 6 heteroatoms. The van der Waals surface area contributed by atoms with Crippen LogP contribution >= 0.6 is 0 Å². The molecule has 0 radical (unpaired) electrons. The van der Waals surface area contributed by atoms with Crippen LogP contribution < -0.4 is 0 Å². The largest absolute Gasteiger partial charge is 0.406 e. The van der Waals surface area contributed by atoms with Crippen molar-refractivity contribution in [2.24, 2.45) is 5.92 Å². The Hall–Kier alpha value is -1.25. The Morgan fingerprint density at radius 2 is 1.94 bits per heavy atom. The molecule has 1 atom stereocenters. The second-order valence-corrected chi connectivity index (χ2v) is 4.23. The van der Waals surface area contributed by atoms with Gasteiger partial charge in [-0.15, -0.1) is 0 Å². The second-order valence-electron chi connectivity index (χ2n) is 4.23. The number of hydrogen-bond acceptors (Lipinski definition) is 2. The number of alkyl halides is 3. The number of hydrogen-bond donors (Lipinski definition) is 0. The number of amides is 1. The zero-order valence-corrected chi connectivity index (χ0v) is 9.46. The molecule has 0 saturated carbocycles. The van der Waals surface area contributed by atoms with Crippen LogP contribution in [0.5, 0.6) is 0 Å². The molecule has 0 aliphatic carbocycles. The molecule has 17 heavy (non-hydrogen) atoms. The first kappa shape index (κ1) is 13.8. The highest BCUT2D eigenvalue weighted by Crippen LogP contribution is 2.27. The van der Waals surface area contributed by atoms with Crippen LogP contribution in [0.15, 0.2) is 0 Å². The minimum Gasteiger partial charge on any atom is -0.341 e. The molecule has 1 saturated heterocycles. The van der Waals surface area contributed by atoms with Crippen LogP contribution in [-0.4, -0.2) is 30.1 Å². The Kier molecular flexibility index (Phi) is 4.79. The molecule has 1 rings (SSSR count). The summed E-state index contributed by atoms with van der Waals surface area (Å²) in [6, 6.07) is 1.23. The molecule has 1 unspecified atom stereocenters. The lowest BCUT2D eigenvalue weighted by Crippen LogP contribution is -2.40. The standard InChI is InChI=1S/C11H15F3N2O/c12-11(13,14)9(7-15)8-16-6-4-2-1-3-5-10(16)17/h9H,1-6,8H2. The highest BCUT2D eigenvalue weighted by atomic mass is 19.4. The van der Waals surface area contributed by atoms with Gasteiger partial charge in [0, 0.05) is 19.5 Å². The predicted molar refractivity (Wildman–Crippen MR) is 54.8 cm³/mol. The van der Waals surface area contributed by atoms with Crippen molar-refractivity contribution in [1.29, 1.82) is 5.26 Å². The van der Waals surface area contributed by atoms with Gasteiger partial charge in [0.05, 0.1) is 6.07 Å². The summed E-state index contributed by atoms with van der Waals surface area (Å²) in [5, 5.41) is 8.50. The second kappa shape index (κ2) is 5.89. The molecule has 0 aromatic heterocycles. The quantitative estimate of drug-likeness (QED) is 0.753. The van der Waals surface area contributed by atoms with E-state index >= 15 is 0 Å². The summed E-state index contributed by atoms with van der Waals surface area (Å²) in [5.41, 5.74) is 0. The fourth-order valence-corrected chi connectivity index (χ4v) is 1.85. The molecular formula is C11H15F3N2O. The molecule has 3 nitrogen and oxygen atoms in total. The van der Waals surface area contributed by atoms with Crippen molar-refractivity contribution in [3.8, 4) is 6.07 Å². The average molecular weight is 248 g/mol. The van der Waals surface area contributed by atoms with Gasteiger partial charge in [0.25, 0.3) is 0 Å². The van der Waals surface area contributed by atoms with Crippen molar-refractivity contribution in [3.05, 3.63) is 0 Å². The fourth-order valence-electron chi connectivity index (χ4n) is 1.85. The van der Waals surface area contributed by atoms with Crippen molar-refractivity contribution < 1.29 is 18.0 Å². The average Bonchev–Trinajstić information content (AvgIpc) is 2.21. The lowest BCUT2D eigenvalue weighted by Gasteiger charge is -2.27. The maximum absolute atomic E-state index is 12.4. The SMILES string of the molecule is N#CC(CN1CCCCCCC1=O)C(F)(F)F.